The fourth-order valence-corrected chi connectivity index (χ4v) is 3.76. The molecule has 0 amide bonds. The van der Waals surface area contributed by atoms with E-state index >= 15 is 0 Å². The lowest BCUT2D eigenvalue weighted by atomic mass is 9.85. The van der Waals surface area contributed by atoms with Crippen LogP contribution in [0.15, 0.2) is 54.9 Å². The number of hydrogen-bond acceptors (Lipinski definition) is 4. The molecule has 0 unspecified atom stereocenters. The van der Waals surface area contributed by atoms with Gasteiger partial charge in [-0.3, -0.25) is 4.40 Å². The van der Waals surface area contributed by atoms with Crippen LogP contribution in [0.25, 0.3) is 16.8 Å². The van der Waals surface area contributed by atoms with Gasteiger partial charge in [0, 0.05) is 23.9 Å². The van der Waals surface area contributed by atoms with Crippen LogP contribution in [-0.2, 0) is 0 Å². The van der Waals surface area contributed by atoms with Gasteiger partial charge in [0.25, 0.3) is 0 Å². The molecule has 1 aliphatic carbocycles. The molecule has 4 aromatic rings. The second kappa shape index (κ2) is 6.88. The highest BCUT2D eigenvalue weighted by molar-refractivity contribution is 5.85. The van der Waals surface area contributed by atoms with Crippen molar-refractivity contribution in [1.29, 1.82) is 0 Å². The summed E-state index contributed by atoms with van der Waals surface area (Å²) >= 11 is 0. The maximum Gasteiger partial charge on any atom is 0.166 e. The molecule has 2 aromatic heterocycles. The summed E-state index contributed by atoms with van der Waals surface area (Å²) < 4.78 is 22.7. The van der Waals surface area contributed by atoms with Crippen LogP contribution >= 0.6 is 0 Å². The van der Waals surface area contributed by atoms with Crippen LogP contribution in [0.5, 0.6) is 11.5 Å². The van der Waals surface area contributed by atoms with Crippen molar-refractivity contribution in [2.45, 2.75) is 32.1 Å². The number of fused-ring (bicyclic) bond motifs is 1. The lowest BCUT2D eigenvalue weighted by Crippen LogP contribution is -2.12. The van der Waals surface area contributed by atoms with Crippen molar-refractivity contribution in [3.05, 3.63) is 72.1 Å². The van der Waals surface area contributed by atoms with Gasteiger partial charge in [-0.25, -0.2) is 14.4 Å². The minimum atomic E-state index is -0.445. The first-order valence-electron chi connectivity index (χ1n) is 9.77. The number of nitrogens with zero attached hydrogens (tertiary/aromatic N) is 3. The zero-order valence-corrected chi connectivity index (χ0v) is 16.1. The third kappa shape index (κ3) is 3.01. The highest BCUT2D eigenvalue weighted by atomic mass is 19.1. The molecule has 1 fully saturated rings. The largest absolute Gasteiger partial charge is 0.454 e. The number of imidazole rings is 1. The van der Waals surface area contributed by atoms with E-state index in [1.165, 1.54) is 12.5 Å². The fourth-order valence-electron chi connectivity index (χ4n) is 3.76. The number of anilines is 1. The zero-order valence-electron chi connectivity index (χ0n) is 16.1. The first-order valence-corrected chi connectivity index (χ1v) is 9.77. The summed E-state index contributed by atoms with van der Waals surface area (Å²) in [5, 5.41) is 0. The van der Waals surface area contributed by atoms with Crippen LogP contribution in [0, 0.1) is 12.7 Å². The Morgan fingerprint density at radius 2 is 1.97 bits per heavy atom. The average Bonchev–Trinajstić information content (AvgIpc) is 3.04. The quantitative estimate of drug-likeness (QED) is 0.502. The Hall–Kier alpha value is -3.41. The predicted octanol–water partition coefficient (Wildman–Crippen LogP) is 5.49. The van der Waals surface area contributed by atoms with E-state index in [0.29, 0.717) is 28.7 Å². The molecule has 2 aromatic carbocycles. The van der Waals surface area contributed by atoms with E-state index in [1.54, 1.807) is 12.3 Å². The maximum atomic E-state index is 14.9. The number of nitrogens with two attached hydrogens (primary N) is 1. The van der Waals surface area contributed by atoms with Gasteiger partial charge >= 0.3 is 0 Å². The minimum absolute atomic E-state index is 0.178. The Bertz CT molecular complexity index is 1210. The Morgan fingerprint density at radius 1 is 1.14 bits per heavy atom. The molecule has 146 valence electrons. The van der Waals surface area contributed by atoms with Crippen LogP contribution < -0.4 is 10.5 Å². The lowest BCUT2D eigenvalue weighted by molar-refractivity contribution is 0.400. The van der Waals surface area contributed by atoms with E-state index in [0.717, 1.165) is 29.7 Å². The first-order chi connectivity index (χ1) is 14.1. The number of benzene rings is 2. The molecule has 0 saturated heterocycles. The molecular weight excluding hydrogens is 367 g/mol. The molecule has 29 heavy (non-hydrogen) atoms. The predicted molar refractivity (Wildman–Crippen MR) is 111 cm³/mol. The van der Waals surface area contributed by atoms with Gasteiger partial charge in [-0.1, -0.05) is 24.6 Å². The molecule has 0 radical (unpaired) electrons. The molecule has 1 saturated carbocycles. The fraction of sp³-hybridized carbons (Fsp3) is 0.217. The van der Waals surface area contributed by atoms with Crippen molar-refractivity contribution in [3.63, 3.8) is 0 Å². The van der Waals surface area contributed by atoms with Crippen LogP contribution in [0.3, 0.4) is 0 Å². The molecule has 0 atom stereocenters. The SMILES string of the molecule is Cc1ccccc1Oc1ccc(-c2nc(C3CCC3)n3ccnc(N)c23)cc1F. The number of rotatable bonds is 4. The molecular formula is C23H21FN4O. The number of hydrogen-bond donors (Lipinski definition) is 1. The zero-order chi connectivity index (χ0) is 20.0. The number of aryl methyl sites for hydroxylation is 1. The standard InChI is InChI=1S/C23H21FN4O/c1-14-5-2-3-8-18(14)29-19-10-9-16(13-17(19)24)20-21-22(25)26-11-12-28(21)23(27-20)15-6-4-7-15/h2-3,5,8-13,15H,4,6-7H2,1H3,(H2,25,26). The second-order valence-corrected chi connectivity index (χ2v) is 7.49. The summed E-state index contributed by atoms with van der Waals surface area (Å²) in [5.41, 5.74) is 9.14. The average molecular weight is 388 g/mol. The van der Waals surface area contributed by atoms with E-state index in [-0.39, 0.29) is 5.75 Å². The van der Waals surface area contributed by atoms with Crippen molar-refractivity contribution in [2.75, 3.05) is 5.73 Å². The summed E-state index contributed by atoms with van der Waals surface area (Å²) in [4.78, 5) is 9.06. The normalized spacial score (nSPS) is 14.1. The summed E-state index contributed by atoms with van der Waals surface area (Å²) in [6, 6.07) is 12.4. The van der Waals surface area contributed by atoms with Crippen molar-refractivity contribution in [2.24, 2.45) is 0 Å². The Balaban J connectivity index is 1.57. The topological polar surface area (TPSA) is 65.4 Å². The van der Waals surface area contributed by atoms with Gasteiger partial charge < -0.3 is 10.5 Å². The van der Waals surface area contributed by atoms with E-state index in [1.807, 2.05) is 47.9 Å². The minimum Gasteiger partial charge on any atom is -0.454 e. The Labute approximate surface area is 168 Å². The van der Waals surface area contributed by atoms with Crippen LogP contribution in [0.4, 0.5) is 10.2 Å². The smallest absolute Gasteiger partial charge is 0.166 e. The molecule has 0 aliphatic heterocycles. The molecule has 0 spiro atoms. The maximum absolute atomic E-state index is 14.9. The lowest BCUT2D eigenvalue weighted by Gasteiger charge is -2.23. The Morgan fingerprint density at radius 3 is 2.69 bits per heavy atom. The number of aromatic nitrogens is 3. The molecule has 2 N–H and O–H groups in total. The first kappa shape index (κ1) is 17.7. The highest BCUT2D eigenvalue weighted by Gasteiger charge is 2.27. The number of para-hydroxylation sites is 1. The van der Waals surface area contributed by atoms with Gasteiger partial charge in [0.2, 0.25) is 0 Å². The van der Waals surface area contributed by atoms with Crippen molar-refractivity contribution >= 4 is 11.3 Å². The van der Waals surface area contributed by atoms with Gasteiger partial charge in [0.05, 0.1) is 0 Å². The molecule has 1 aliphatic rings. The molecule has 2 heterocycles. The van der Waals surface area contributed by atoms with E-state index < -0.39 is 5.82 Å². The van der Waals surface area contributed by atoms with Gasteiger partial charge in [-0.05, 0) is 49.6 Å². The summed E-state index contributed by atoms with van der Waals surface area (Å²) in [5.74, 6) is 2.13. The molecule has 5 rings (SSSR count). The van der Waals surface area contributed by atoms with Gasteiger partial charge in [-0.2, -0.15) is 0 Å². The third-order valence-electron chi connectivity index (χ3n) is 5.60. The van der Waals surface area contributed by atoms with E-state index in [2.05, 4.69) is 4.98 Å². The van der Waals surface area contributed by atoms with Gasteiger partial charge in [0.1, 0.15) is 28.6 Å². The van der Waals surface area contributed by atoms with Crippen molar-refractivity contribution in [1.82, 2.24) is 14.4 Å². The number of halogens is 1. The van der Waals surface area contributed by atoms with E-state index in [4.69, 9.17) is 15.5 Å². The molecule has 5 nitrogen and oxygen atoms in total. The number of ether oxygens (including phenoxy) is 1. The van der Waals surface area contributed by atoms with Gasteiger partial charge in [-0.15, -0.1) is 0 Å². The van der Waals surface area contributed by atoms with Gasteiger partial charge in [0.15, 0.2) is 11.6 Å². The molecule has 0 bridgehead atoms. The van der Waals surface area contributed by atoms with Crippen molar-refractivity contribution in [3.8, 4) is 22.8 Å². The van der Waals surface area contributed by atoms with Crippen LogP contribution in [0.1, 0.15) is 36.6 Å². The van der Waals surface area contributed by atoms with Crippen LogP contribution in [-0.4, -0.2) is 14.4 Å². The van der Waals surface area contributed by atoms with Crippen molar-refractivity contribution < 1.29 is 9.13 Å². The van der Waals surface area contributed by atoms with Crippen LogP contribution in [0.2, 0.25) is 0 Å². The Kier molecular flexibility index (Phi) is 4.19. The number of nitrogen functional groups attached to an aromatic ring is 1. The van der Waals surface area contributed by atoms with E-state index in [9.17, 15) is 4.39 Å². The second-order valence-electron chi connectivity index (χ2n) is 7.49. The molecule has 6 heteroatoms. The third-order valence-corrected chi connectivity index (χ3v) is 5.60. The highest BCUT2D eigenvalue weighted by Crippen LogP contribution is 2.39. The monoisotopic (exact) mass is 388 g/mol. The summed E-state index contributed by atoms with van der Waals surface area (Å²) in [6.07, 6.45) is 6.98. The summed E-state index contributed by atoms with van der Waals surface area (Å²) in [6.45, 7) is 1.93. The summed E-state index contributed by atoms with van der Waals surface area (Å²) in [7, 11) is 0.